The predicted molar refractivity (Wildman–Crippen MR) is 175 cm³/mol. The van der Waals surface area contributed by atoms with Gasteiger partial charge in [-0.15, -0.1) is 11.3 Å². The number of nitrogens with zero attached hydrogens (tertiary/aromatic N) is 5. The maximum Gasteiger partial charge on any atom is 0.227 e. The zero-order valence-electron chi connectivity index (χ0n) is 25.8. The summed E-state index contributed by atoms with van der Waals surface area (Å²) in [7, 11) is -4.57. The molecule has 6 rings (SSSR count). The summed E-state index contributed by atoms with van der Waals surface area (Å²) in [4.78, 5) is 20.2. The van der Waals surface area contributed by atoms with E-state index in [-0.39, 0.29) is 11.0 Å². The van der Waals surface area contributed by atoms with Crippen molar-refractivity contribution in [3.8, 4) is 21.8 Å². The Morgan fingerprint density at radius 1 is 0.936 bits per heavy atom. The standard InChI is InChI=1S/C33H31F3N6O3S2/c1-33(2,3)31-41-28(20-7-9-23(34)21(17-20)19-47(43,44)30-24(35)5-4-6-25(30)36)29(46-31)26-11-12-37-32(40-26)39-22-8-10-27(38-18-22)42-13-15-45-16-14-42/h4-12,17-18H,13-16,19H2,1-3H3,(H,37,39,40). The number of morpholine rings is 1. The Morgan fingerprint density at radius 3 is 2.36 bits per heavy atom. The van der Waals surface area contributed by atoms with Crippen molar-refractivity contribution in [3.63, 3.8) is 0 Å². The highest BCUT2D eigenvalue weighted by Crippen LogP contribution is 2.41. The maximum absolute atomic E-state index is 15.0. The lowest BCUT2D eigenvalue weighted by molar-refractivity contribution is 0.122. The predicted octanol–water partition coefficient (Wildman–Crippen LogP) is 6.93. The Labute approximate surface area is 274 Å². The van der Waals surface area contributed by atoms with E-state index in [1.165, 1.54) is 23.5 Å². The minimum atomic E-state index is -4.57. The van der Waals surface area contributed by atoms with E-state index >= 15 is 4.39 Å². The highest BCUT2D eigenvalue weighted by atomic mass is 32.2. The van der Waals surface area contributed by atoms with E-state index in [1.807, 2.05) is 32.9 Å². The molecule has 0 unspecified atom stereocenters. The fraction of sp³-hybridized carbons (Fsp3) is 0.273. The minimum Gasteiger partial charge on any atom is -0.378 e. The summed E-state index contributed by atoms with van der Waals surface area (Å²) in [5.41, 5.74) is 1.50. The molecule has 1 N–H and O–H groups in total. The van der Waals surface area contributed by atoms with E-state index in [4.69, 9.17) is 14.7 Å². The van der Waals surface area contributed by atoms with Crippen molar-refractivity contribution in [2.45, 2.75) is 36.8 Å². The number of pyridine rings is 1. The molecule has 1 saturated heterocycles. The molecule has 47 heavy (non-hydrogen) atoms. The van der Waals surface area contributed by atoms with Gasteiger partial charge in [0.2, 0.25) is 5.95 Å². The largest absolute Gasteiger partial charge is 0.378 e. The summed E-state index contributed by atoms with van der Waals surface area (Å²) in [5, 5.41) is 3.96. The van der Waals surface area contributed by atoms with Gasteiger partial charge in [-0.05, 0) is 48.5 Å². The average molecular weight is 681 g/mol. The van der Waals surface area contributed by atoms with Crippen molar-refractivity contribution in [1.29, 1.82) is 0 Å². The molecule has 0 atom stereocenters. The third kappa shape index (κ3) is 7.14. The van der Waals surface area contributed by atoms with Gasteiger partial charge >= 0.3 is 0 Å². The van der Waals surface area contributed by atoms with Gasteiger partial charge in [-0.1, -0.05) is 26.8 Å². The van der Waals surface area contributed by atoms with Crippen LogP contribution in [0, 0.1) is 17.5 Å². The molecule has 14 heteroatoms. The first-order chi connectivity index (χ1) is 22.4. The molecule has 0 spiro atoms. The van der Waals surface area contributed by atoms with E-state index in [9.17, 15) is 17.2 Å². The van der Waals surface area contributed by atoms with Crippen LogP contribution in [-0.4, -0.2) is 54.7 Å². The molecule has 0 amide bonds. The number of halogens is 3. The second-order valence-corrected chi connectivity index (χ2v) is 14.9. The van der Waals surface area contributed by atoms with Crippen molar-refractivity contribution in [2.24, 2.45) is 0 Å². The average Bonchev–Trinajstić information content (AvgIpc) is 3.50. The third-order valence-electron chi connectivity index (χ3n) is 7.39. The number of anilines is 3. The number of hydrogen-bond donors (Lipinski definition) is 1. The summed E-state index contributed by atoms with van der Waals surface area (Å²) < 4.78 is 75.3. The first-order valence-electron chi connectivity index (χ1n) is 14.7. The van der Waals surface area contributed by atoms with Crippen molar-refractivity contribution in [2.75, 3.05) is 36.5 Å². The lowest BCUT2D eigenvalue weighted by atomic mass is 9.98. The number of aromatic nitrogens is 4. The summed E-state index contributed by atoms with van der Waals surface area (Å²) in [6.07, 6.45) is 3.31. The van der Waals surface area contributed by atoms with Crippen LogP contribution in [0.4, 0.5) is 30.6 Å². The number of thiazole rings is 1. The van der Waals surface area contributed by atoms with E-state index in [2.05, 4.69) is 20.2 Å². The van der Waals surface area contributed by atoms with Gasteiger partial charge in [-0.3, -0.25) is 0 Å². The van der Waals surface area contributed by atoms with E-state index in [1.54, 1.807) is 18.5 Å². The third-order valence-corrected chi connectivity index (χ3v) is 10.6. The molecule has 3 aromatic heterocycles. The molecule has 9 nitrogen and oxygen atoms in total. The minimum absolute atomic E-state index is 0.250. The van der Waals surface area contributed by atoms with E-state index in [0.29, 0.717) is 46.7 Å². The number of hydrogen-bond acceptors (Lipinski definition) is 10. The molecule has 0 saturated carbocycles. The highest BCUT2D eigenvalue weighted by molar-refractivity contribution is 7.90. The molecule has 1 fully saturated rings. The van der Waals surface area contributed by atoms with Crippen LogP contribution in [0.5, 0.6) is 0 Å². The maximum atomic E-state index is 15.0. The number of benzene rings is 2. The quantitative estimate of drug-likeness (QED) is 0.187. The molecule has 0 radical (unpaired) electrons. The molecule has 2 aromatic carbocycles. The lowest BCUT2D eigenvalue weighted by Crippen LogP contribution is -2.36. The van der Waals surface area contributed by atoms with Crippen LogP contribution in [0.15, 0.2) is 71.9 Å². The van der Waals surface area contributed by atoms with Crippen molar-refractivity contribution >= 4 is 38.6 Å². The van der Waals surface area contributed by atoms with Gasteiger partial charge < -0.3 is 15.0 Å². The van der Waals surface area contributed by atoms with Crippen molar-refractivity contribution in [1.82, 2.24) is 19.9 Å². The first kappa shape index (κ1) is 32.5. The van der Waals surface area contributed by atoms with Gasteiger partial charge in [0.1, 0.15) is 28.2 Å². The Hall–Kier alpha value is -4.40. The fourth-order valence-electron chi connectivity index (χ4n) is 5.01. The molecule has 0 bridgehead atoms. The Balaban J connectivity index is 1.33. The van der Waals surface area contributed by atoms with Gasteiger partial charge in [0.25, 0.3) is 0 Å². The molecule has 1 aliphatic heterocycles. The zero-order chi connectivity index (χ0) is 33.3. The zero-order valence-corrected chi connectivity index (χ0v) is 27.4. The van der Waals surface area contributed by atoms with Gasteiger partial charge in [-0.2, -0.15) is 0 Å². The van der Waals surface area contributed by atoms with Crippen LogP contribution in [0.3, 0.4) is 0 Å². The lowest BCUT2D eigenvalue weighted by Gasteiger charge is -2.27. The monoisotopic (exact) mass is 680 g/mol. The van der Waals surface area contributed by atoms with Gasteiger partial charge in [-0.25, -0.2) is 41.5 Å². The Kier molecular flexibility index (Phi) is 9.01. The van der Waals surface area contributed by atoms with Crippen LogP contribution in [0.2, 0.25) is 0 Å². The summed E-state index contributed by atoms with van der Waals surface area (Å²) in [6.45, 7) is 8.88. The fourth-order valence-corrected chi connectivity index (χ4v) is 7.63. The van der Waals surface area contributed by atoms with Gasteiger partial charge in [0, 0.05) is 35.8 Å². The molecule has 4 heterocycles. The van der Waals surface area contributed by atoms with E-state index < -0.39 is 37.9 Å². The molecular weight excluding hydrogens is 650 g/mol. The number of nitrogens with one attached hydrogen (secondary N) is 1. The second-order valence-electron chi connectivity index (χ2n) is 12.0. The topological polar surface area (TPSA) is 110 Å². The van der Waals surface area contributed by atoms with Gasteiger partial charge in [0.05, 0.1) is 52.1 Å². The molecule has 1 aliphatic rings. The number of sulfone groups is 1. The summed E-state index contributed by atoms with van der Waals surface area (Å²) in [6, 6.07) is 12.3. The molecule has 244 valence electrons. The molecule has 0 aliphatic carbocycles. The normalized spacial score (nSPS) is 14.0. The Bertz CT molecular complexity index is 2010. The number of ether oxygens (including phenoxy) is 1. The smallest absolute Gasteiger partial charge is 0.227 e. The van der Waals surface area contributed by atoms with Crippen LogP contribution >= 0.6 is 11.3 Å². The highest BCUT2D eigenvalue weighted by Gasteiger charge is 2.28. The van der Waals surface area contributed by atoms with Crippen molar-refractivity contribution in [3.05, 3.63) is 95.0 Å². The van der Waals surface area contributed by atoms with Crippen LogP contribution in [0.25, 0.3) is 21.8 Å². The molecule has 5 aromatic rings. The summed E-state index contributed by atoms with van der Waals surface area (Å²) in [5.74, 6) is -3.09. The SMILES string of the molecule is CC(C)(C)c1nc(-c2ccc(F)c(CS(=O)(=O)c3c(F)cccc3F)c2)c(-c2ccnc(Nc3ccc(N4CCOCC4)nc3)n2)s1. The van der Waals surface area contributed by atoms with Crippen LogP contribution in [-0.2, 0) is 25.7 Å². The van der Waals surface area contributed by atoms with Crippen LogP contribution in [0.1, 0.15) is 31.3 Å². The second kappa shape index (κ2) is 13.0. The number of rotatable bonds is 8. The van der Waals surface area contributed by atoms with Crippen molar-refractivity contribution < 1.29 is 26.3 Å². The van der Waals surface area contributed by atoms with Gasteiger partial charge in [0.15, 0.2) is 9.84 Å². The summed E-state index contributed by atoms with van der Waals surface area (Å²) >= 11 is 1.40. The first-order valence-corrected chi connectivity index (χ1v) is 17.2. The Morgan fingerprint density at radius 2 is 1.68 bits per heavy atom. The van der Waals surface area contributed by atoms with Crippen LogP contribution < -0.4 is 10.2 Å². The molecular formula is C33H31F3N6O3S2. The van der Waals surface area contributed by atoms with E-state index in [0.717, 1.165) is 48.2 Å².